The van der Waals surface area contributed by atoms with Crippen molar-refractivity contribution in [1.29, 1.82) is 0 Å². The van der Waals surface area contributed by atoms with Crippen molar-refractivity contribution < 1.29 is 10.3 Å². The SMILES string of the molecule is NC(=NO)C1CCCN(Cc2ccc(O)cc2)C1. The molecule has 18 heavy (non-hydrogen) atoms. The minimum Gasteiger partial charge on any atom is -0.508 e. The molecule has 1 aliphatic heterocycles. The van der Waals surface area contributed by atoms with Gasteiger partial charge in [-0.1, -0.05) is 17.3 Å². The summed E-state index contributed by atoms with van der Waals surface area (Å²) in [6.45, 7) is 2.67. The maximum Gasteiger partial charge on any atom is 0.143 e. The molecule has 2 rings (SSSR count). The van der Waals surface area contributed by atoms with Gasteiger partial charge >= 0.3 is 0 Å². The third-order valence-electron chi connectivity index (χ3n) is 3.38. The number of phenols is 1. The molecule has 1 unspecified atom stereocenters. The first-order valence-corrected chi connectivity index (χ1v) is 6.16. The molecule has 1 heterocycles. The lowest BCUT2D eigenvalue weighted by Gasteiger charge is -2.32. The fraction of sp³-hybridized carbons (Fsp3) is 0.462. The molecule has 1 atom stereocenters. The number of piperidine rings is 1. The molecule has 1 aliphatic rings. The number of phenolic OH excluding ortho intramolecular Hbond substituents is 1. The Bertz CT molecular complexity index is 417. The smallest absolute Gasteiger partial charge is 0.143 e. The van der Waals surface area contributed by atoms with E-state index in [1.165, 1.54) is 0 Å². The lowest BCUT2D eigenvalue weighted by atomic mass is 9.96. The van der Waals surface area contributed by atoms with Gasteiger partial charge in [-0.15, -0.1) is 0 Å². The normalized spacial score (nSPS) is 22.0. The minimum absolute atomic E-state index is 0.140. The zero-order chi connectivity index (χ0) is 13.0. The first-order valence-electron chi connectivity index (χ1n) is 6.16. The molecule has 0 radical (unpaired) electrons. The Labute approximate surface area is 107 Å². The summed E-state index contributed by atoms with van der Waals surface area (Å²) in [4.78, 5) is 2.29. The summed E-state index contributed by atoms with van der Waals surface area (Å²) in [6.07, 6.45) is 2.03. The first-order chi connectivity index (χ1) is 8.69. The van der Waals surface area contributed by atoms with Crippen LogP contribution >= 0.6 is 0 Å². The molecule has 98 valence electrons. The van der Waals surface area contributed by atoms with E-state index in [-0.39, 0.29) is 11.7 Å². The second-order valence-electron chi connectivity index (χ2n) is 4.77. The molecule has 0 aromatic heterocycles. The average Bonchev–Trinajstić information content (AvgIpc) is 2.41. The number of nitrogens with zero attached hydrogens (tertiary/aromatic N) is 2. The number of likely N-dealkylation sites (tertiary alicyclic amines) is 1. The van der Waals surface area contributed by atoms with E-state index in [9.17, 15) is 5.11 Å². The summed E-state index contributed by atoms with van der Waals surface area (Å²) in [6, 6.07) is 7.23. The fourth-order valence-corrected chi connectivity index (χ4v) is 2.38. The minimum atomic E-state index is 0.140. The van der Waals surface area contributed by atoms with Crippen molar-refractivity contribution in [1.82, 2.24) is 4.90 Å². The van der Waals surface area contributed by atoms with Crippen molar-refractivity contribution in [2.24, 2.45) is 16.8 Å². The Kier molecular flexibility index (Phi) is 4.04. The van der Waals surface area contributed by atoms with Gasteiger partial charge in [0.25, 0.3) is 0 Å². The number of aromatic hydroxyl groups is 1. The first kappa shape index (κ1) is 12.7. The van der Waals surface area contributed by atoms with Crippen molar-refractivity contribution >= 4 is 5.84 Å². The van der Waals surface area contributed by atoms with Crippen LogP contribution in [-0.4, -0.2) is 34.1 Å². The number of benzene rings is 1. The predicted molar refractivity (Wildman–Crippen MR) is 69.5 cm³/mol. The molecule has 1 aromatic carbocycles. The van der Waals surface area contributed by atoms with Crippen LogP contribution in [0.25, 0.3) is 0 Å². The highest BCUT2D eigenvalue weighted by atomic mass is 16.4. The summed E-state index contributed by atoms with van der Waals surface area (Å²) in [5.74, 6) is 0.748. The topological polar surface area (TPSA) is 82.1 Å². The molecule has 0 bridgehead atoms. The number of oxime groups is 1. The third-order valence-corrected chi connectivity index (χ3v) is 3.38. The maximum absolute atomic E-state index is 9.24. The van der Waals surface area contributed by atoms with Crippen LogP contribution in [0.2, 0.25) is 0 Å². The van der Waals surface area contributed by atoms with Gasteiger partial charge in [-0.2, -0.15) is 0 Å². The molecule has 1 aromatic rings. The van der Waals surface area contributed by atoms with Crippen molar-refractivity contribution in [3.63, 3.8) is 0 Å². The predicted octanol–water partition coefficient (Wildman–Crippen LogP) is 1.35. The van der Waals surface area contributed by atoms with Gasteiger partial charge < -0.3 is 16.0 Å². The fourth-order valence-electron chi connectivity index (χ4n) is 2.38. The largest absolute Gasteiger partial charge is 0.508 e. The number of nitrogens with two attached hydrogens (primary N) is 1. The standard InChI is InChI=1S/C13H19N3O2/c14-13(15-18)11-2-1-7-16(9-11)8-10-3-5-12(17)6-4-10/h3-6,11,17-18H,1-2,7-9H2,(H2,14,15). The van der Waals surface area contributed by atoms with Crippen LogP contribution in [-0.2, 0) is 6.54 Å². The van der Waals surface area contributed by atoms with Crippen LogP contribution < -0.4 is 5.73 Å². The summed E-state index contributed by atoms with van der Waals surface area (Å²) in [5.41, 5.74) is 6.82. The Morgan fingerprint density at radius 3 is 2.78 bits per heavy atom. The molecule has 5 nitrogen and oxygen atoms in total. The van der Waals surface area contributed by atoms with Crippen molar-refractivity contribution in [3.8, 4) is 5.75 Å². The summed E-state index contributed by atoms with van der Waals surface area (Å²) in [7, 11) is 0. The molecule has 0 spiro atoms. The third kappa shape index (κ3) is 3.13. The highest BCUT2D eigenvalue weighted by molar-refractivity contribution is 5.82. The maximum atomic E-state index is 9.24. The molecule has 0 amide bonds. The quantitative estimate of drug-likeness (QED) is 0.327. The van der Waals surface area contributed by atoms with E-state index in [0.29, 0.717) is 5.84 Å². The van der Waals surface area contributed by atoms with Crippen LogP contribution in [0.3, 0.4) is 0 Å². The summed E-state index contributed by atoms with van der Waals surface area (Å²) in [5, 5.41) is 21.0. The molecule has 0 aliphatic carbocycles. The van der Waals surface area contributed by atoms with E-state index >= 15 is 0 Å². The Morgan fingerprint density at radius 2 is 2.11 bits per heavy atom. The van der Waals surface area contributed by atoms with Crippen LogP contribution in [0.1, 0.15) is 18.4 Å². The number of hydrogen-bond acceptors (Lipinski definition) is 4. The summed E-state index contributed by atoms with van der Waals surface area (Å²) < 4.78 is 0. The second kappa shape index (κ2) is 5.73. The van der Waals surface area contributed by atoms with Gasteiger partial charge in [-0.3, -0.25) is 4.90 Å². The van der Waals surface area contributed by atoms with Crippen LogP contribution in [0.5, 0.6) is 5.75 Å². The lowest BCUT2D eigenvalue weighted by molar-refractivity contribution is 0.193. The van der Waals surface area contributed by atoms with Gasteiger partial charge in [0.2, 0.25) is 0 Å². The molecule has 1 fully saturated rings. The molecule has 1 saturated heterocycles. The zero-order valence-electron chi connectivity index (χ0n) is 10.3. The number of hydrogen-bond donors (Lipinski definition) is 3. The Hall–Kier alpha value is -1.75. The Balaban J connectivity index is 1.95. The average molecular weight is 249 g/mol. The molecular formula is C13H19N3O2. The lowest BCUT2D eigenvalue weighted by Crippen LogP contribution is -2.40. The Morgan fingerprint density at radius 1 is 1.39 bits per heavy atom. The van der Waals surface area contributed by atoms with E-state index in [4.69, 9.17) is 10.9 Å². The van der Waals surface area contributed by atoms with Crippen LogP contribution in [0.15, 0.2) is 29.4 Å². The summed E-state index contributed by atoms with van der Waals surface area (Å²) >= 11 is 0. The van der Waals surface area contributed by atoms with Gasteiger partial charge in [-0.25, -0.2) is 0 Å². The van der Waals surface area contributed by atoms with E-state index in [1.54, 1.807) is 12.1 Å². The molecule has 4 N–H and O–H groups in total. The molecular weight excluding hydrogens is 230 g/mol. The van der Waals surface area contributed by atoms with Gasteiger partial charge in [0.1, 0.15) is 11.6 Å². The molecule has 0 saturated carbocycles. The monoisotopic (exact) mass is 249 g/mol. The number of amidine groups is 1. The van der Waals surface area contributed by atoms with E-state index in [1.807, 2.05) is 12.1 Å². The van der Waals surface area contributed by atoms with Crippen molar-refractivity contribution in [3.05, 3.63) is 29.8 Å². The van der Waals surface area contributed by atoms with Gasteiger partial charge in [0, 0.05) is 19.0 Å². The van der Waals surface area contributed by atoms with E-state index in [2.05, 4.69) is 10.1 Å². The van der Waals surface area contributed by atoms with Gasteiger partial charge in [0.15, 0.2) is 0 Å². The van der Waals surface area contributed by atoms with E-state index in [0.717, 1.165) is 38.0 Å². The number of rotatable bonds is 3. The molecule has 5 heteroatoms. The van der Waals surface area contributed by atoms with Gasteiger partial charge in [0.05, 0.1) is 0 Å². The van der Waals surface area contributed by atoms with E-state index < -0.39 is 0 Å². The second-order valence-corrected chi connectivity index (χ2v) is 4.77. The van der Waals surface area contributed by atoms with Crippen molar-refractivity contribution in [2.75, 3.05) is 13.1 Å². The van der Waals surface area contributed by atoms with Gasteiger partial charge in [-0.05, 0) is 37.1 Å². The van der Waals surface area contributed by atoms with Crippen molar-refractivity contribution in [2.45, 2.75) is 19.4 Å². The highest BCUT2D eigenvalue weighted by Gasteiger charge is 2.22. The van der Waals surface area contributed by atoms with Crippen LogP contribution in [0, 0.1) is 5.92 Å². The zero-order valence-corrected chi connectivity index (χ0v) is 10.3. The highest BCUT2D eigenvalue weighted by Crippen LogP contribution is 2.19. The van der Waals surface area contributed by atoms with Crippen LogP contribution in [0.4, 0.5) is 0 Å².